The summed E-state index contributed by atoms with van der Waals surface area (Å²) in [5.41, 5.74) is 1.87. The summed E-state index contributed by atoms with van der Waals surface area (Å²) in [5, 5.41) is 3.43. The maximum atomic E-state index is 12.3. The molecule has 3 rings (SSSR count). The zero-order chi connectivity index (χ0) is 19.1. The topological polar surface area (TPSA) is 35.6 Å². The summed E-state index contributed by atoms with van der Waals surface area (Å²) in [6, 6.07) is 15.8. The normalized spacial score (nSPS) is 15.9. The highest BCUT2D eigenvalue weighted by molar-refractivity contribution is 9.10. The molecule has 1 aliphatic rings. The van der Waals surface area contributed by atoms with Crippen molar-refractivity contribution in [2.24, 2.45) is 0 Å². The number of amides is 1. The van der Waals surface area contributed by atoms with Crippen LogP contribution in [0.2, 0.25) is 5.02 Å². The van der Waals surface area contributed by atoms with Crippen LogP contribution in [0.15, 0.2) is 59.1 Å². The van der Waals surface area contributed by atoms with Gasteiger partial charge in [0.1, 0.15) is 0 Å². The van der Waals surface area contributed by atoms with Crippen molar-refractivity contribution in [3.63, 3.8) is 0 Å². The van der Waals surface area contributed by atoms with Crippen molar-refractivity contribution in [3.8, 4) is 0 Å². The zero-order valence-corrected chi connectivity index (χ0v) is 17.4. The first-order chi connectivity index (χ1) is 13.1. The fourth-order valence-electron chi connectivity index (χ4n) is 3.02. The number of hydrogen-bond acceptors (Lipinski definition) is 3. The van der Waals surface area contributed by atoms with Crippen molar-refractivity contribution in [3.05, 3.63) is 69.7 Å². The van der Waals surface area contributed by atoms with Crippen LogP contribution in [-0.2, 0) is 4.79 Å². The summed E-state index contributed by atoms with van der Waals surface area (Å²) in [4.78, 5) is 16.9. The molecular formula is C21H23BrClN3O. The summed E-state index contributed by atoms with van der Waals surface area (Å²) >= 11 is 9.52. The van der Waals surface area contributed by atoms with Crippen molar-refractivity contribution in [2.75, 3.05) is 44.6 Å². The Bertz CT molecular complexity index is 789. The third-order valence-electron chi connectivity index (χ3n) is 4.51. The van der Waals surface area contributed by atoms with E-state index in [1.165, 1.54) is 5.56 Å². The monoisotopic (exact) mass is 447 g/mol. The zero-order valence-electron chi connectivity index (χ0n) is 15.1. The molecule has 0 atom stereocenters. The maximum absolute atomic E-state index is 12.3. The molecule has 1 N–H and O–H groups in total. The summed E-state index contributed by atoms with van der Waals surface area (Å²) in [6.45, 7) is 5.03. The van der Waals surface area contributed by atoms with Crippen molar-refractivity contribution in [2.45, 2.75) is 0 Å². The van der Waals surface area contributed by atoms with Crippen molar-refractivity contribution >= 4 is 45.2 Å². The predicted octanol–water partition coefficient (Wildman–Crippen LogP) is 4.37. The van der Waals surface area contributed by atoms with E-state index >= 15 is 0 Å². The highest BCUT2D eigenvalue weighted by Gasteiger charge is 2.18. The number of carbonyl (C=O) groups excluding carboxylic acids is 1. The lowest BCUT2D eigenvalue weighted by atomic mass is 10.2. The van der Waals surface area contributed by atoms with Crippen LogP contribution in [0.3, 0.4) is 0 Å². The largest absolute Gasteiger partial charge is 0.324 e. The van der Waals surface area contributed by atoms with E-state index in [1.54, 1.807) is 12.1 Å². The van der Waals surface area contributed by atoms with Crippen LogP contribution >= 0.6 is 27.5 Å². The van der Waals surface area contributed by atoms with Crippen LogP contribution in [0.4, 0.5) is 5.69 Å². The number of carbonyl (C=O) groups is 1. The lowest BCUT2D eigenvalue weighted by Gasteiger charge is -2.33. The van der Waals surface area contributed by atoms with E-state index in [2.05, 4.69) is 55.3 Å². The van der Waals surface area contributed by atoms with Gasteiger partial charge < -0.3 is 5.32 Å². The fraction of sp³-hybridized carbons (Fsp3) is 0.286. The van der Waals surface area contributed by atoms with E-state index < -0.39 is 0 Å². The number of anilines is 1. The number of benzene rings is 2. The fourth-order valence-corrected chi connectivity index (χ4v) is 3.74. The van der Waals surface area contributed by atoms with Crippen LogP contribution in [0.25, 0.3) is 6.08 Å². The molecule has 4 nitrogen and oxygen atoms in total. The Morgan fingerprint density at radius 2 is 1.78 bits per heavy atom. The number of rotatable bonds is 6. The number of nitrogens with one attached hydrogen (secondary N) is 1. The second-order valence-corrected chi connectivity index (χ2v) is 7.89. The minimum absolute atomic E-state index is 0.0309. The molecule has 27 heavy (non-hydrogen) atoms. The second kappa shape index (κ2) is 10.0. The van der Waals surface area contributed by atoms with Gasteiger partial charge in [-0.15, -0.1) is 0 Å². The molecule has 0 aliphatic carbocycles. The molecule has 0 saturated carbocycles. The number of hydrogen-bond donors (Lipinski definition) is 1. The smallest absolute Gasteiger partial charge is 0.238 e. The van der Waals surface area contributed by atoms with Crippen LogP contribution in [0.1, 0.15) is 5.56 Å². The van der Waals surface area contributed by atoms with Gasteiger partial charge in [0, 0.05) is 37.2 Å². The van der Waals surface area contributed by atoms with Crippen LogP contribution in [-0.4, -0.2) is 55.0 Å². The van der Waals surface area contributed by atoms with Gasteiger partial charge in [-0.2, -0.15) is 0 Å². The van der Waals surface area contributed by atoms with Crippen LogP contribution < -0.4 is 5.32 Å². The molecule has 2 aromatic rings. The van der Waals surface area contributed by atoms with Crippen LogP contribution in [0.5, 0.6) is 0 Å². The lowest BCUT2D eigenvalue weighted by molar-refractivity contribution is -0.117. The number of piperazine rings is 1. The van der Waals surface area contributed by atoms with Crippen molar-refractivity contribution in [1.82, 2.24) is 9.80 Å². The summed E-state index contributed by atoms with van der Waals surface area (Å²) in [6.07, 6.45) is 4.36. The Labute approximate surface area is 173 Å². The van der Waals surface area contributed by atoms with Gasteiger partial charge in [0.05, 0.1) is 17.3 Å². The van der Waals surface area contributed by atoms with Crippen LogP contribution in [0, 0.1) is 0 Å². The SMILES string of the molecule is O=C(CN1CCN(CC=Cc2ccccc2)CC1)Nc1ccc(Br)cc1Cl. The average Bonchev–Trinajstić information content (AvgIpc) is 2.66. The molecule has 1 fully saturated rings. The third kappa shape index (κ3) is 6.47. The van der Waals surface area contributed by atoms with E-state index in [-0.39, 0.29) is 5.91 Å². The Hall–Kier alpha value is -1.66. The molecule has 1 saturated heterocycles. The summed E-state index contributed by atoms with van der Waals surface area (Å²) < 4.78 is 0.892. The molecule has 0 aromatic heterocycles. The molecule has 2 aromatic carbocycles. The predicted molar refractivity (Wildman–Crippen MR) is 116 cm³/mol. The highest BCUT2D eigenvalue weighted by atomic mass is 79.9. The lowest BCUT2D eigenvalue weighted by Crippen LogP contribution is -2.48. The Morgan fingerprint density at radius 3 is 2.48 bits per heavy atom. The van der Waals surface area contributed by atoms with Gasteiger partial charge in [0.25, 0.3) is 0 Å². The molecular weight excluding hydrogens is 426 g/mol. The van der Waals surface area contributed by atoms with Gasteiger partial charge in [-0.05, 0) is 23.8 Å². The summed E-state index contributed by atoms with van der Waals surface area (Å²) in [7, 11) is 0. The summed E-state index contributed by atoms with van der Waals surface area (Å²) in [5.74, 6) is -0.0309. The van der Waals surface area contributed by atoms with Gasteiger partial charge in [0.2, 0.25) is 5.91 Å². The second-order valence-electron chi connectivity index (χ2n) is 6.56. The Kier molecular flexibility index (Phi) is 7.47. The highest BCUT2D eigenvalue weighted by Crippen LogP contribution is 2.25. The molecule has 0 spiro atoms. The maximum Gasteiger partial charge on any atom is 0.238 e. The van der Waals surface area contributed by atoms with E-state index in [0.29, 0.717) is 17.3 Å². The van der Waals surface area contributed by atoms with Gasteiger partial charge in [-0.3, -0.25) is 14.6 Å². The average molecular weight is 449 g/mol. The third-order valence-corrected chi connectivity index (χ3v) is 5.32. The minimum Gasteiger partial charge on any atom is -0.324 e. The van der Waals surface area contributed by atoms with Crippen molar-refractivity contribution < 1.29 is 4.79 Å². The molecule has 1 aliphatic heterocycles. The molecule has 0 radical (unpaired) electrons. The Morgan fingerprint density at radius 1 is 1.07 bits per heavy atom. The molecule has 0 bridgehead atoms. The quantitative estimate of drug-likeness (QED) is 0.713. The molecule has 6 heteroatoms. The van der Waals surface area contributed by atoms with Gasteiger partial charge in [-0.1, -0.05) is 70.0 Å². The minimum atomic E-state index is -0.0309. The molecule has 1 amide bonds. The molecule has 142 valence electrons. The van der Waals surface area contributed by atoms with E-state index in [9.17, 15) is 4.79 Å². The standard InChI is InChI=1S/C21H23BrClN3O/c22-18-8-9-20(19(23)15-18)24-21(27)16-26-13-11-25(12-14-26)10-4-7-17-5-2-1-3-6-17/h1-9,15H,10-14,16H2,(H,24,27). The van der Waals surface area contributed by atoms with Crippen molar-refractivity contribution in [1.29, 1.82) is 0 Å². The number of halogens is 2. The Balaban J connectivity index is 1.40. The van der Waals surface area contributed by atoms with Gasteiger partial charge >= 0.3 is 0 Å². The first kappa shape index (κ1) is 20.1. The molecule has 0 unspecified atom stereocenters. The van der Waals surface area contributed by atoms with E-state index in [1.807, 2.05) is 24.3 Å². The van der Waals surface area contributed by atoms with Gasteiger partial charge in [0.15, 0.2) is 0 Å². The number of nitrogens with zero attached hydrogens (tertiary/aromatic N) is 2. The first-order valence-corrected chi connectivity index (χ1v) is 10.2. The van der Waals surface area contributed by atoms with E-state index in [0.717, 1.165) is 37.2 Å². The van der Waals surface area contributed by atoms with Gasteiger partial charge in [-0.25, -0.2) is 0 Å². The molecule has 1 heterocycles. The van der Waals surface area contributed by atoms with E-state index in [4.69, 9.17) is 11.6 Å². The first-order valence-electron chi connectivity index (χ1n) is 9.01.